The zero-order valence-corrected chi connectivity index (χ0v) is 13.6. The first-order valence-electron chi connectivity index (χ1n) is 7.92. The second-order valence-electron chi connectivity index (χ2n) is 6.08. The minimum atomic E-state index is 0.0847. The van der Waals surface area contributed by atoms with Gasteiger partial charge in [-0.25, -0.2) is 0 Å². The molecule has 0 aliphatic carbocycles. The zero-order valence-electron chi connectivity index (χ0n) is 13.6. The van der Waals surface area contributed by atoms with Crippen LogP contribution in [0.4, 0.5) is 5.69 Å². The Labute approximate surface area is 132 Å². The van der Waals surface area contributed by atoms with Gasteiger partial charge < -0.3 is 20.1 Å². The van der Waals surface area contributed by atoms with E-state index >= 15 is 0 Å². The molecule has 1 aliphatic heterocycles. The molecule has 1 saturated heterocycles. The molecule has 0 radical (unpaired) electrons. The van der Waals surface area contributed by atoms with E-state index in [1.807, 2.05) is 18.2 Å². The van der Waals surface area contributed by atoms with Gasteiger partial charge >= 0.3 is 0 Å². The molecule has 0 spiro atoms. The fourth-order valence-electron chi connectivity index (χ4n) is 2.45. The van der Waals surface area contributed by atoms with Gasteiger partial charge in [0, 0.05) is 17.7 Å². The number of methoxy groups -OCH3 is 1. The molecule has 2 N–H and O–H groups in total. The average molecular weight is 306 g/mol. The molecule has 1 aliphatic rings. The van der Waals surface area contributed by atoms with Gasteiger partial charge in [-0.1, -0.05) is 13.8 Å². The lowest BCUT2D eigenvalue weighted by Crippen LogP contribution is -2.34. The van der Waals surface area contributed by atoms with Crippen molar-refractivity contribution in [2.45, 2.75) is 26.7 Å². The molecular weight excluding hydrogens is 280 g/mol. The maximum absolute atomic E-state index is 12.3. The smallest absolute Gasteiger partial charge is 0.227 e. The van der Waals surface area contributed by atoms with Gasteiger partial charge in [0.25, 0.3) is 0 Å². The fourth-order valence-corrected chi connectivity index (χ4v) is 2.45. The summed E-state index contributed by atoms with van der Waals surface area (Å²) in [5.41, 5.74) is 0.753. The van der Waals surface area contributed by atoms with Crippen LogP contribution in [0.15, 0.2) is 18.2 Å². The lowest BCUT2D eigenvalue weighted by molar-refractivity contribution is -0.120. The van der Waals surface area contributed by atoms with Crippen LogP contribution in [0.5, 0.6) is 11.5 Å². The number of piperidine rings is 1. The Morgan fingerprint density at radius 3 is 2.68 bits per heavy atom. The number of benzene rings is 1. The van der Waals surface area contributed by atoms with Gasteiger partial charge in [-0.3, -0.25) is 4.79 Å². The van der Waals surface area contributed by atoms with Crippen molar-refractivity contribution in [1.82, 2.24) is 5.32 Å². The highest BCUT2D eigenvalue weighted by Crippen LogP contribution is 2.31. The summed E-state index contributed by atoms with van der Waals surface area (Å²) in [5.74, 6) is 1.95. The summed E-state index contributed by atoms with van der Waals surface area (Å²) in [7, 11) is 1.62. The Morgan fingerprint density at radius 1 is 1.32 bits per heavy atom. The number of hydrogen-bond acceptors (Lipinski definition) is 4. The molecule has 0 atom stereocenters. The maximum atomic E-state index is 12.3. The Hall–Kier alpha value is -1.75. The molecule has 0 aromatic heterocycles. The van der Waals surface area contributed by atoms with Crippen LogP contribution in [0.1, 0.15) is 26.7 Å². The second kappa shape index (κ2) is 8.03. The van der Waals surface area contributed by atoms with Gasteiger partial charge in [-0.15, -0.1) is 0 Å². The quantitative estimate of drug-likeness (QED) is 0.848. The van der Waals surface area contributed by atoms with Gasteiger partial charge in [0.2, 0.25) is 5.91 Å². The number of anilines is 1. The summed E-state index contributed by atoms with van der Waals surface area (Å²) in [6.07, 6.45) is 1.78. The average Bonchev–Trinajstić information content (AvgIpc) is 2.54. The van der Waals surface area contributed by atoms with Crippen molar-refractivity contribution in [3.8, 4) is 11.5 Å². The molecule has 1 aromatic rings. The third kappa shape index (κ3) is 4.63. The van der Waals surface area contributed by atoms with E-state index in [0.29, 0.717) is 24.0 Å². The molecule has 0 saturated carbocycles. The summed E-state index contributed by atoms with van der Waals surface area (Å²) in [4.78, 5) is 12.3. The van der Waals surface area contributed by atoms with Crippen molar-refractivity contribution in [1.29, 1.82) is 0 Å². The van der Waals surface area contributed by atoms with Crippen molar-refractivity contribution in [3.63, 3.8) is 0 Å². The lowest BCUT2D eigenvalue weighted by Gasteiger charge is -2.22. The van der Waals surface area contributed by atoms with E-state index in [-0.39, 0.29) is 11.8 Å². The van der Waals surface area contributed by atoms with Crippen molar-refractivity contribution >= 4 is 11.6 Å². The highest BCUT2D eigenvalue weighted by Gasteiger charge is 2.21. The summed E-state index contributed by atoms with van der Waals surface area (Å²) < 4.78 is 11.1. The molecule has 0 bridgehead atoms. The second-order valence-corrected chi connectivity index (χ2v) is 6.08. The van der Waals surface area contributed by atoms with Crippen LogP contribution in [-0.2, 0) is 4.79 Å². The molecule has 122 valence electrons. The van der Waals surface area contributed by atoms with Gasteiger partial charge in [-0.2, -0.15) is 0 Å². The Morgan fingerprint density at radius 2 is 2.05 bits per heavy atom. The number of hydrogen-bond donors (Lipinski definition) is 2. The monoisotopic (exact) mass is 306 g/mol. The maximum Gasteiger partial charge on any atom is 0.227 e. The SMILES string of the molecule is COc1ccc(NC(=O)C2CCNCC2)cc1OCC(C)C. The predicted molar refractivity (Wildman–Crippen MR) is 87.6 cm³/mol. The number of rotatable bonds is 6. The van der Waals surface area contributed by atoms with Crippen LogP contribution in [-0.4, -0.2) is 32.7 Å². The van der Waals surface area contributed by atoms with Crippen LogP contribution >= 0.6 is 0 Å². The van der Waals surface area contributed by atoms with Gasteiger partial charge in [0.15, 0.2) is 11.5 Å². The molecule has 1 heterocycles. The van der Waals surface area contributed by atoms with Crippen molar-refractivity contribution < 1.29 is 14.3 Å². The molecule has 2 rings (SSSR count). The molecule has 0 unspecified atom stereocenters. The largest absolute Gasteiger partial charge is 0.493 e. The van der Waals surface area contributed by atoms with Crippen molar-refractivity contribution in [3.05, 3.63) is 18.2 Å². The van der Waals surface area contributed by atoms with Crippen LogP contribution in [0.3, 0.4) is 0 Å². The van der Waals surface area contributed by atoms with Crippen molar-refractivity contribution in [2.24, 2.45) is 11.8 Å². The van der Waals surface area contributed by atoms with Crippen LogP contribution in [0, 0.1) is 11.8 Å². The standard InChI is InChI=1S/C17H26N2O3/c1-12(2)11-22-16-10-14(4-5-15(16)21-3)19-17(20)13-6-8-18-9-7-13/h4-5,10,12-13,18H,6-9,11H2,1-3H3,(H,19,20). The fraction of sp³-hybridized carbons (Fsp3) is 0.588. The van der Waals surface area contributed by atoms with Crippen LogP contribution in [0.25, 0.3) is 0 Å². The van der Waals surface area contributed by atoms with E-state index in [1.165, 1.54) is 0 Å². The summed E-state index contributed by atoms with van der Waals surface area (Å²) in [6, 6.07) is 5.51. The minimum absolute atomic E-state index is 0.0847. The van der Waals surface area contributed by atoms with Crippen molar-refractivity contribution in [2.75, 3.05) is 32.1 Å². The minimum Gasteiger partial charge on any atom is -0.493 e. The Kier molecular flexibility index (Phi) is 6.07. The predicted octanol–water partition coefficient (Wildman–Crippen LogP) is 2.67. The van der Waals surface area contributed by atoms with E-state index in [0.717, 1.165) is 31.6 Å². The van der Waals surface area contributed by atoms with E-state index in [9.17, 15) is 4.79 Å². The number of ether oxygens (including phenoxy) is 2. The third-order valence-corrected chi connectivity index (χ3v) is 3.71. The molecular formula is C17H26N2O3. The molecule has 5 nitrogen and oxygen atoms in total. The van der Waals surface area contributed by atoms with Crippen LogP contribution in [0.2, 0.25) is 0 Å². The number of carbonyl (C=O) groups excluding carboxylic acids is 1. The van der Waals surface area contributed by atoms with E-state index in [2.05, 4.69) is 24.5 Å². The number of nitrogens with one attached hydrogen (secondary N) is 2. The van der Waals surface area contributed by atoms with Gasteiger partial charge in [0.1, 0.15) is 0 Å². The summed E-state index contributed by atoms with van der Waals surface area (Å²) in [6.45, 7) is 6.61. The first-order chi connectivity index (χ1) is 10.6. The topological polar surface area (TPSA) is 59.6 Å². The summed E-state index contributed by atoms with van der Waals surface area (Å²) >= 11 is 0. The van der Waals surface area contributed by atoms with Gasteiger partial charge in [-0.05, 0) is 44.0 Å². The van der Waals surface area contributed by atoms with E-state index in [4.69, 9.17) is 9.47 Å². The number of carbonyl (C=O) groups is 1. The first-order valence-corrected chi connectivity index (χ1v) is 7.92. The normalized spacial score (nSPS) is 15.6. The van der Waals surface area contributed by atoms with E-state index in [1.54, 1.807) is 7.11 Å². The van der Waals surface area contributed by atoms with Gasteiger partial charge in [0.05, 0.1) is 13.7 Å². The Balaban J connectivity index is 2.03. The molecule has 22 heavy (non-hydrogen) atoms. The lowest BCUT2D eigenvalue weighted by atomic mass is 9.97. The molecule has 1 fully saturated rings. The first kappa shape index (κ1) is 16.6. The Bertz CT molecular complexity index is 497. The van der Waals surface area contributed by atoms with E-state index < -0.39 is 0 Å². The summed E-state index contributed by atoms with van der Waals surface area (Å²) in [5, 5.41) is 6.26. The molecule has 1 aromatic carbocycles. The highest BCUT2D eigenvalue weighted by atomic mass is 16.5. The third-order valence-electron chi connectivity index (χ3n) is 3.71. The molecule has 5 heteroatoms. The highest BCUT2D eigenvalue weighted by molar-refractivity contribution is 5.93. The number of amides is 1. The molecule has 1 amide bonds. The van der Waals surface area contributed by atoms with Crippen LogP contribution < -0.4 is 20.1 Å². The zero-order chi connectivity index (χ0) is 15.9.